The molecule has 114 valence electrons. The van der Waals surface area contributed by atoms with Crippen molar-refractivity contribution in [1.82, 2.24) is 4.72 Å². The van der Waals surface area contributed by atoms with Gasteiger partial charge in [-0.15, -0.1) is 0 Å². The lowest BCUT2D eigenvalue weighted by atomic mass is 9.76. The van der Waals surface area contributed by atoms with Gasteiger partial charge in [-0.2, -0.15) is 5.26 Å². The van der Waals surface area contributed by atoms with Crippen LogP contribution in [-0.4, -0.2) is 15.0 Å². The van der Waals surface area contributed by atoms with E-state index in [0.717, 1.165) is 12.8 Å². The predicted octanol–water partition coefficient (Wildman–Crippen LogP) is 3.12. The van der Waals surface area contributed by atoms with E-state index < -0.39 is 10.0 Å². The molecule has 0 radical (unpaired) electrons. The molecular weight excluding hydrogens is 284 g/mol. The Labute approximate surface area is 127 Å². The summed E-state index contributed by atoms with van der Waals surface area (Å²) >= 11 is 0. The van der Waals surface area contributed by atoms with Crippen molar-refractivity contribution in [1.29, 1.82) is 5.26 Å². The van der Waals surface area contributed by atoms with Crippen molar-refractivity contribution in [3.63, 3.8) is 0 Å². The molecule has 5 heteroatoms. The summed E-state index contributed by atoms with van der Waals surface area (Å²) in [5.41, 5.74) is 1.08. The van der Waals surface area contributed by atoms with Gasteiger partial charge in [0.15, 0.2) is 0 Å². The number of rotatable bonds is 4. The molecule has 1 aliphatic rings. The summed E-state index contributed by atoms with van der Waals surface area (Å²) in [6, 6.07) is 6.74. The standard InChI is InChI=1S/C16H22N2O2S/c1-13-6-7-14(11-17)10-15(13)21(19,20)18-12-16(2)8-4-3-5-9-16/h6-7,10,18H,3-5,8-9,12H2,1-2H3. The number of nitriles is 1. The molecule has 1 aromatic rings. The van der Waals surface area contributed by atoms with Crippen molar-refractivity contribution >= 4 is 10.0 Å². The van der Waals surface area contributed by atoms with Crippen molar-refractivity contribution in [3.05, 3.63) is 29.3 Å². The summed E-state index contributed by atoms with van der Waals surface area (Å²) in [6.45, 7) is 4.36. The molecule has 0 heterocycles. The second kappa shape index (κ2) is 6.17. The lowest BCUT2D eigenvalue weighted by Gasteiger charge is -2.33. The van der Waals surface area contributed by atoms with Gasteiger partial charge in [-0.05, 0) is 42.9 Å². The minimum atomic E-state index is -3.56. The SMILES string of the molecule is Cc1ccc(C#N)cc1S(=O)(=O)NCC1(C)CCCCC1. The van der Waals surface area contributed by atoms with E-state index >= 15 is 0 Å². The molecule has 21 heavy (non-hydrogen) atoms. The summed E-state index contributed by atoms with van der Waals surface area (Å²) in [4.78, 5) is 0.209. The van der Waals surface area contributed by atoms with E-state index in [0.29, 0.717) is 17.7 Å². The normalized spacial score (nSPS) is 18.1. The first-order chi connectivity index (χ1) is 9.86. The topological polar surface area (TPSA) is 70.0 Å². The van der Waals surface area contributed by atoms with E-state index in [9.17, 15) is 8.42 Å². The predicted molar refractivity (Wildman–Crippen MR) is 82.3 cm³/mol. The zero-order valence-electron chi connectivity index (χ0n) is 12.6. The summed E-state index contributed by atoms with van der Waals surface area (Å²) in [5, 5.41) is 8.93. The van der Waals surface area contributed by atoms with Gasteiger partial charge >= 0.3 is 0 Å². The molecular formula is C16H22N2O2S. The Morgan fingerprint density at radius 3 is 2.57 bits per heavy atom. The van der Waals surface area contributed by atoms with Gasteiger partial charge in [-0.25, -0.2) is 13.1 Å². The van der Waals surface area contributed by atoms with Crippen LogP contribution >= 0.6 is 0 Å². The van der Waals surface area contributed by atoms with E-state index in [1.807, 2.05) is 6.07 Å². The number of nitrogens with zero attached hydrogens (tertiary/aromatic N) is 1. The minimum absolute atomic E-state index is 0.0477. The summed E-state index contributed by atoms with van der Waals surface area (Å²) in [6.07, 6.45) is 5.70. The lowest BCUT2D eigenvalue weighted by Crippen LogP contribution is -2.37. The Morgan fingerprint density at radius 2 is 1.95 bits per heavy atom. The molecule has 4 nitrogen and oxygen atoms in total. The Bertz CT molecular complexity index is 653. The minimum Gasteiger partial charge on any atom is -0.211 e. The molecule has 1 fully saturated rings. The fraction of sp³-hybridized carbons (Fsp3) is 0.562. The highest BCUT2D eigenvalue weighted by atomic mass is 32.2. The van der Waals surface area contributed by atoms with E-state index in [2.05, 4.69) is 11.6 Å². The van der Waals surface area contributed by atoms with Crippen molar-refractivity contribution in [2.45, 2.75) is 50.8 Å². The highest BCUT2D eigenvalue weighted by Gasteiger charge is 2.29. The van der Waals surface area contributed by atoms with E-state index in [1.165, 1.54) is 25.3 Å². The first kappa shape index (κ1) is 16.0. The number of benzene rings is 1. The Morgan fingerprint density at radius 1 is 1.29 bits per heavy atom. The molecule has 0 unspecified atom stereocenters. The maximum atomic E-state index is 12.5. The van der Waals surface area contributed by atoms with Crippen LogP contribution in [-0.2, 0) is 10.0 Å². The third kappa shape index (κ3) is 3.84. The Kier molecular flexibility index (Phi) is 4.70. The molecule has 0 bridgehead atoms. The maximum absolute atomic E-state index is 12.5. The van der Waals surface area contributed by atoms with Crippen molar-refractivity contribution < 1.29 is 8.42 Å². The zero-order chi connectivity index (χ0) is 15.5. The van der Waals surface area contributed by atoms with Gasteiger partial charge in [0, 0.05) is 6.54 Å². The van der Waals surface area contributed by atoms with Crippen LogP contribution in [0.5, 0.6) is 0 Å². The fourth-order valence-electron chi connectivity index (χ4n) is 2.89. The maximum Gasteiger partial charge on any atom is 0.240 e. The molecule has 0 amide bonds. The van der Waals surface area contributed by atoms with Crippen LogP contribution < -0.4 is 4.72 Å². The largest absolute Gasteiger partial charge is 0.240 e. The third-order valence-corrected chi connectivity index (χ3v) is 5.90. The van der Waals surface area contributed by atoms with E-state index in [-0.39, 0.29) is 10.3 Å². The van der Waals surface area contributed by atoms with Crippen LogP contribution in [0.3, 0.4) is 0 Å². The molecule has 0 aliphatic heterocycles. The van der Waals surface area contributed by atoms with Crippen LogP contribution in [0.4, 0.5) is 0 Å². The lowest BCUT2D eigenvalue weighted by molar-refractivity contribution is 0.219. The smallest absolute Gasteiger partial charge is 0.211 e. The number of nitrogens with one attached hydrogen (secondary N) is 1. The first-order valence-electron chi connectivity index (χ1n) is 7.37. The van der Waals surface area contributed by atoms with Gasteiger partial charge in [0.05, 0.1) is 16.5 Å². The summed E-state index contributed by atoms with van der Waals surface area (Å²) < 4.78 is 27.7. The van der Waals surface area contributed by atoms with Gasteiger partial charge < -0.3 is 0 Å². The van der Waals surface area contributed by atoms with Gasteiger partial charge in [0.2, 0.25) is 10.0 Å². The van der Waals surface area contributed by atoms with Crippen molar-refractivity contribution in [2.75, 3.05) is 6.54 Å². The molecule has 1 aliphatic carbocycles. The van der Waals surface area contributed by atoms with Gasteiger partial charge in [-0.3, -0.25) is 0 Å². The quantitative estimate of drug-likeness (QED) is 0.929. The monoisotopic (exact) mass is 306 g/mol. The average molecular weight is 306 g/mol. The van der Waals surface area contributed by atoms with Crippen LogP contribution in [0.2, 0.25) is 0 Å². The number of hydrogen-bond acceptors (Lipinski definition) is 3. The highest BCUT2D eigenvalue weighted by Crippen LogP contribution is 2.35. The number of aryl methyl sites for hydroxylation is 1. The third-order valence-electron chi connectivity index (χ3n) is 4.36. The van der Waals surface area contributed by atoms with Crippen molar-refractivity contribution in [2.24, 2.45) is 5.41 Å². The van der Waals surface area contributed by atoms with E-state index in [1.54, 1.807) is 19.1 Å². The number of hydrogen-bond donors (Lipinski definition) is 1. The molecule has 0 saturated heterocycles. The summed E-state index contributed by atoms with van der Waals surface area (Å²) in [5.74, 6) is 0. The van der Waals surface area contributed by atoms with Gasteiger partial charge in [0.1, 0.15) is 0 Å². The molecule has 1 saturated carbocycles. The second-order valence-electron chi connectivity index (χ2n) is 6.29. The Hall–Kier alpha value is -1.38. The molecule has 0 atom stereocenters. The zero-order valence-corrected chi connectivity index (χ0v) is 13.5. The average Bonchev–Trinajstić information content (AvgIpc) is 2.47. The van der Waals surface area contributed by atoms with Crippen LogP contribution in [0.15, 0.2) is 23.1 Å². The first-order valence-corrected chi connectivity index (χ1v) is 8.85. The molecule has 1 N–H and O–H groups in total. The molecule has 1 aromatic carbocycles. The summed E-state index contributed by atoms with van der Waals surface area (Å²) in [7, 11) is -3.56. The molecule has 2 rings (SSSR count). The van der Waals surface area contributed by atoms with Gasteiger partial charge in [0.25, 0.3) is 0 Å². The van der Waals surface area contributed by atoms with Crippen LogP contribution in [0.1, 0.15) is 50.2 Å². The van der Waals surface area contributed by atoms with Gasteiger partial charge in [-0.1, -0.05) is 32.3 Å². The van der Waals surface area contributed by atoms with Crippen LogP contribution in [0.25, 0.3) is 0 Å². The highest BCUT2D eigenvalue weighted by molar-refractivity contribution is 7.89. The fourth-order valence-corrected chi connectivity index (χ4v) is 4.36. The second-order valence-corrected chi connectivity index (χ2v) is 8.02. The number of sulfonamides is 1. The molecule has 0 aromatic heterocycles. The van der Waals surface area contributed by atoms with E-state index in [4.69, 9.17) is 5.26 Å². The molecule has 0 spiro atoms. The van der Waals surface area contributed by atoms with Crippen LogP contribution in [0, 0.1) is 23.7 Å². The van der Waals surface area contributed by atoms with Crippen molar-refractivity contribution in [3.8, 4) is 6.07 Å². The Balaban J connectivity index is 2.17.